The first-order valence-electron chi connectivity index (χ1n) is 8.80. The second-order valence-electron chi connectivity index (χ2n) is 6.62. The third-order valence-corrected chi connectivity index (χ3v) is 4.73. The number of methoxy groups -OCH3 is 1. The quantitative estimate of drug-likeness (QED) is 0.808. The van der Waals surface area contributed by atoms with Crippen molar-refractivity contribution in [2.24, 2.45) is 0 Å². The molecule has 1 amide bonds. The van der Waals surface area contributed by atoms with Gasteiger partial charge >= 0.3 is 0 Å². The number of piperidine rings is 1. The Bertz CT molecular complexity index is 659. The molecule has 0 aliphatic carbocycles. The van der Waals surface area contributed by atoms with Crippen molar-refractivity contribution < 1.29 is 13.9 Å². The Labute approximate surface area is 149 Å². The Balaban J connectivity index is 1.67. The maximum atomic E-state index is 12.6. The van der Waals surface area contributed by atoms with E-state index in [1.165, 1.54) is 5.56 Å². The van der Waals surface area contributed by atoms with Crippen molar-refractivity contribution in [3.8, 4) is 0 Å². The summed E-state index contributed by atoms with van der Waals surface area (Å²) in [6.45, 7) is 4.90. The predicted octanol–water partition coefficient (Wildman–Crippen LogP) is 3.23. The third kappa shape index (κ3) is 4.50. The predicted molar refractivity (Wildman–Crippen MR) is 97.5 cm³/mol. The van der Waals surface area contributed by atoms with Crippen LogP contribution in [0.25, 0.3) is 0 Å². The molecule has 1 aliphatic rings. The number of hydrogen-bond acceptors (Lipinski definition) is 4. The van der Waals surface area contributed by atoms with E-state index in [9.17, 15) is 4.79 Å². The summed E-state index contributed by atoms with van der Waals surface area (Å²) in [6, 6.07) is 12.3. The van der Waals surface area contributed by atoms with E-state index in [0.717, 1.165) is 43.9 Å². The number of rotatable bonds is 6. The van der Waals surface area contributed by atoms with Gasteiger partial charge in [-0.15, -0.1) is 0 Å². The van der Waals surface area contributed by atoms with Gasteiger partial charge in [-0.1, -0.05) is 17.7 Å². The summed E-state index contributed by atoms with van der Waals surface area (Å²) in [7, 11) is 1.57. The molecule has 25 heavy (non-hydrogen) atoms. The van der Waals surface area contributed by atoms with Crippen LogP contribution in [0.1, 0.15) is 24.2 Å². The molecule has 134 valence electrons. The van der Waals surface area contributed by atoms with Crippen molar-refractivity contribution in [2.45, 2.75) is 32.4 Å². The van der Waals surface area contributed by atoms with Gasteiger partial charge in [0.15, 0.2) is 0 Å². The van der Waals surface area contributed by atoms with Crippen LogP contribution in [0.5, 0.6) is 0 Å². The normalized spacial score (nSPS) is 16.1. The van der Waals surface area contributed by atoms with Gasteiger partial charge in [0.25, 0.3) is 5.91 Å². The number of nitrogens with zero attached hydrogens (tertiary/aromatic N) is 2. The molecule has 0 spiro atoms. The van der Waals surface area contributed by atoms with Gasteiger partial charge < -0.3 is 14.1 Å². The largest absolute Gasteiger partial charge is 0.468 e. The highest BCUT2D eigenvalue weighted by molar-refractivity contribution is 5.94. The van der Waals surface area contributed by atoms with Crippen LogP contribution in [-0.4, -0.2) is 43.7 Å². The molecule has 0 atom stereocenters. The van der Waals surface area contributed by atoms with Gasteiger partial charge in [0, 0.05) is 31.9 Å². The average Bonchev–Trinajstić information content (AvgIpc) is 3.12. The van der Waals surface area contributed by atoms with Crippen LogP contribution >= 0.6 is 0 Å². The number of carbonyl (C=O) groups is 1. The number of hydrogen-bond donors (Lipinski definition) is 0. The molecule has 0 unspecified atom stereocenters. The van der Waals surface area contributed by atoms with Crippen LogP contribution in [-0.2, 0) is 16.1 Å². The summed E-state index contributed by atoms with van der Waals surface area (Å²) in [5.74, 6) is 1.01. The van der Waals surface area contributed by atoms with Crippen LogP contribution in [0, 0.1) is 6.92 Å². The highest BCUT2D eigenvalue weighted by atomic mass is 16.5. The molecule has 5 nitrogen and oxygen atoms in total. The van der Waals surface area contributed by atoms with Gasteiger partial charge in [0.1, 0.15) is 12.4 Å². The second-order valence-corrected chi connectivity index (χ2v) is 6.62. The zero-order valence-corrected chi connectivity index (χ0v) is 15.0. The van der Waals surface area contributed by atoms with Gasteiger partial charge in [-0.3, -0.25) is 9.69 Å². The Morgan fingerprint density at radius 3 is 2.56 bits per heavy atom. The van der Waals surface area contributed by atoms with Crippen molar-refractivity contribution in [1.29, 1.82) is 0 Å². The molecule has 2 aromatic rings. The number of carbonyl (C=O) groups excluding carboxylic acids is 1. The Kier molecular flexibility index (Phi) is 5.89. The number of furan rings is 1. The van der Waals surface area contributed by atoms with Crippen molar-refractivity contribution in [2.75, 3.05) is 31.7 Å². The minimum Gasteiger partial charge on any atom is -0.468 e. The minimum atomic E-state index is 0.0239. The molecule has 2 heterocycles. The lowest BCUT2D eigenvalue weighted by Crippen LogP contribution is -2.48. The molecular weight excluding hydrogens is 316 g/mol. The van der Waals surface area contributed by atoms with Crippen LogP contribution < -0.4 is 4.90 Å². The zero-order valence-electron chi connectivity index (χ0n) is 15.0. The summed E-state index contributed by atoms with van der Waals surface area (Å²) in [5.41, 5.74) is 2.15. The van der Waals surface area contributed by atoms with Crippen molar-refractivity contribution in [1.82, 2.24) is 4.90 Å². The molecule has 5 heteroatoms. The number of aryl methyl sites for hydroxylation is 1. The highest BCUT2D eigenvalue weighted by Gasteiger charge is 2.29. The fourth-order valence-corrected chi connectivity index (χ4v) is 3.42. The van der Waals surface area contributed by atoms with E-state index in [1.807, 2.05) is 29.2 Å². The minimum absolute atomic E-state index is 0.0239. The Hall–Kier alpha value is -2.11. The molecule has 0 saturated carbocycles. The summed E-state index contributed by atoms with van der Waals surface area (Å²) >= 11 is 0. The first-order chi connectivity index (χ1) is 12.2. The molecule has 1 aromatic heterocycles. The molecule has 1 saturated heterocycles. The van der Waals surface area contributed by atoms with E-state index in [4.69, 9.17) is 9.15 Å². The molecule has 0 N–H and O–H groups in total. The Morgan fingerprint density at radius 1 is 1.24 bits per heavy atom. The van der Waals surface area contributed by atoms with Crippen LogP contribution in [0.3, 0.4) is 0 Å². The van der Waals surface area contributed by atoms with Crippen LogP contribution in [0.4, 0.5) is 5.69 Å². The van der Waals surface area contributed by atoms with Gasteiger partial charge in [0.05, 0.1) is 12.8 Å². The van der Waals surface area contributed by atoms with E-state index in [2.05, 4.69) is 24.0 Å². The zero-order chi connectivity index (χ0) is 17.6. The number of benzene rings is 1. The van der Waals surface area contributed by atoms with E-state index in [0.29, 0.717) is 0 Å². The van der Waals surface area contributed by atoms with Crippen molar-refractivity contribution >= 4 is 11.6 Å². The van der Waals surface area contributed by atoms with E-state index in [1.54, 1.807) is 13.4 Å². The third-order valence-electron chi connectivity index (χ3n) is 4.73. The first-order valence-corrected chi connectivity index (χ1v) is 8.80. The fraction of sp³-hybridized carbons (Fsp3) is 0.450. The smallest absolute Gasteiger partial charge is 0.253 e. The lowest BCUT2D eigenvalue weighted by molar-refractivity contribution is -0.122. The topological polar surface area (TPSA) is 45.9 Å². The molecule has 1 aromatic carbocycles. The molecule has 0 bridgehead atoms. The molecule has 0 radical (unpaired) electrons. The summed E-state index contributed by atoms with van der Waals surface area (Å²) in [5, 5.41) is 0. The van der Waals surface area contributed by atoms with Gasteiger partial charge in [-0.05, 0) is 44.0 Å². The van der Waals surface area contributed by atoms with Crippen molar-refractivity contribution in [3.05, 3.63) is 54.0 Å². The fourth-order valence-electron chi connectivity index (χ4n) is 3.42. The van der Waals surface area contributed by atoms with Crippen LogP contribution in [0.15, 0.2) is 47.1 Å². The average molecular weight is 342 g/mol. The maximum Gasteiger partial charge on any atom is 0.253 e. The number of likely N-dealkylation sites (tertiary alicyclic amines) is 1. The Morgan fingerprint density at radius 2 is 1.96 bits per heavy atom. The van der Waals surface area contributed by atoms with Crippen LogP contribution in [0.2, 0.25) is 0 Å². The van der Waals surface area contributed by atoms with E-state index in [-0.39, 0.29) is 18.6 Å². The SMILES string of the molecule is COCC(=O)N(c1ccc(C)cc1)C1CCN(Cc2ccco2)CC1. The van der Waals surface area contributed by atoms with E-state index < -0.39 is 0 Å². The summed E-state index contributed by atoms with van der Waals surface area (Å²) < 4.78 is 10.5. The second kappa shape index (κ2) is 8.32. The van der Waals surface area contributed by atoms with Crippen molar-refractivity contribution in [3.63, 3.8) is 0 Å². The standard InChI is InChI=1S/C20H26N2O3/c1-16-5-7-17(8-6-16)22(20(23)15-24-2)18-9-11-21(12-10-18)14-19-4-3-13-25-19/h3-8,13,18H,9-12,14-15H2,1-2H3. The maximum absolute atomic E-state index is 12.6. The highest BCUT2D eigenvalue weighted by Crippen LogP contribution is 2.25. The lowest BCUT2D eigenvalue weighted by Gasteiger charge is -2.38. The molecular formula is C20H26N2O3. The molecule has 1 aliphatic heterocycles. The number of ether oxygens (including phenoxy) is 1. The van der Waals surface area contributed by atoms with Gasteiger partial charge in [0.2, 0.25) is 0 Å². The lowest BCUT2D eigenvalue weighted by atomic mass is 10.0. The summed E-state index contributed by atoms with van der Waals surface area (Å²) in [6.07, 6.45) is 3.61. The first kappa shape index (κ1) is 17.7. The molecule has 1 fully saturated rings. The van der Waals surface area contributed by atoms with Gasteiger partial charge in [-0.2, -0.15) is 0 Å². The van der Waals surface area contributed by atoms with E-state index >= 15 is 0 Å². The molecule has 3 rings (SSSR count). The summed E-state index contributed by atoms with van der Waals surface area (Å²) in [4.78, 5) is 16.9. The van der Waals surface area contributed by atoms with Gasteiger partial charge in [-0.25, -0.2) is 0 Å². The number of amides is 1. The monoisotopic (exact) mass is 342 g/mol. The number of anilines is 1.